The Morgan fingerprint density at radius 3 is 2.33 bits per heavy atom. The summed E-state index contributed by atoms with van der Waals surface area (Å²) in [6, 6.07) is 14.3. The van der Waals surface area contributed by atoms with E-state index in [9.17, 15) is 18.0 Å². The Morgan fingerprint density at radius 1 is 0.861 bits per heavy atom. The average molecular weight is 497 g/mol. The van der Waals surface area contributed by atoms with Crippen LogP contribution in [0.5, 0.6) is 0 Å². The maximum absolute atomic E-state index is 13.3. The first-order valence-corrected chi connectivity index (χ1v) is 12.1. The molecule has 2 aliphatic rings. The zero-order chi connectivity index (χ0) is 25.1. The van der Waals surface area contributed by atoms with Crippen LogP contribution < -0.4 is 9.80 Å². The number of carbonyl (C=O) groups is 1. The predicted molar refractivity (Wildman–Crippen MR) is 130 cm³/mol. The van der Waals surface area contributed by atoms with E-state index < -0.39 is 11.7 Å². The van der Waals surface area contributed by atoms with Gasteiger partial charge in [-0.05, 0) is 25.0 Å². The number of piperidine rings is 1. The smallest absolute Gasteiger partial charge is 0.356 e. The summed E-state index contributed by atoms with van der Waals surface area (Å²) in [5.74, 6) is 1.32. The molecule has 0 spiro atoms. The molecule has 2 saturated heterocycles. The van der Waals surface area contributed by atoms with Crippen molar-refractivity contribution in [2.24, 2.45) is 5.92 Å². The Bertz CT molecular complexity index is 1180. The number of pyridine rings is 1. The van der Waals surface area contributed by atoms with Crippen LogP contribution in [-0.2, 0) is 11.0 Å². The standard InChI is InChI=1S/C26H27F3N6O/c27-26(28,29)21-8-9-23(30-16-21)33-11-13-34(14-12-33)25(36)20-7-4-10-35(17-20)24-15-22(31-18-32-24)19-5-2-1-3-6-19/h1-3,5-6,8-9,15-16,18,20H,4,7,10-14,17H2. The summed E-state index contributed by atoms with van der Waals surface area (Å²) in [6.07, 6.45) is -0.250. The second kappa shape index (κ2) is 10.1. The largest absolute Gasteiger partial charge is 0.417 e. The van der Waals surface area contributed by atoms with Crippen molar-refractivity contribution in [1.29, 1.82) is 0 Å². The van der Waals surface area contributed by atoms with Crippen LogP contribution >= 0.6 is 0 Å². The van der Waals surface area contributed by atoms with Crippen LogP contribution in [0.15, 0.2) is 61.1 Å². The van der Waals surface area contributed by atoms with Crippen molar-refractivity contribution in [3.8, 4) is 11.3 Å². The summed E-state index contributed by atoms with van der Waals surface area (Å²) in [5, 5.41) is 0. The van der Waals surface area contributed by atoms with Gasteiger partial charge in [-0.15, -0.1) is 0 Å². The van der Waals surface area contributed by atoms with Gasteiger partial charge in [0.2, 0.25) is 5.91 Å². The van der Waals surface area contributed by atoms with Crippen LogP contribution in [0.2, 0.25) is 0 Å². The van der Waals surface area contributed by atoms with E-state index in [0.29, 0.717) is 38.5 Å². The second-order valence-corrected chi connectivity index (χ2v) is 9.13. The van der Waals surface area contributed by atoms with Gasteiger partial charge in [0, 0.05) is 57.1 Å². The van der Waals surface area contributed by atoms with Gasteiger partial charge < -0.3 is 14.7 Å². The normalized spacial score (nSPS) is 18.9. The third-order valence-electron chi connectivity index (χ3n) is 6.81. The van der Waals surface area contributed by atoms with Crippen molar-refractivity contribution in [2.45, 2.75) is 19.0 Å². The van der Waals surface area contributed by atoms with E-state index in [0.717, 1.165) is 48.7 Å². The molecule has 2 aliphatic heterocycles. The molecule has 0 aliphatic carbocycles. The van der Waals surface area contributed by atoms with Crippen molar-refractivity contribution >= 4 is 17.5 Å². The molecule has 4 heterocycles. The van der Waals surface area contributed by atoms with E-state index in [1.807, 2.05) is 46.2 Å². The monoisotopic (exact) mass is 496 g/mol. The van der Waals surface area contributed by atoms with Crippen LogP contribution in [0.25, 0.3) is 11.3 Å². The number of halogens is 3. The van der Waals surface area contributed by atoms with Gasteiger partial charge in [-0.3, -0.25) is 4.79 Å². The van der Waals surface area contributed by atoms with Crippen molar-refractivity contribution in [3.05, 3.63) is 66.6 Å². The molecule has 1 atom stereocenters. The Hall–Kier alpha value is -3.69. The fourth-order valence-electron chi connectivity index (χ4n) is 4.83. The molecule has 5 rings (SSSR count). The van der Waals surface area contributed by atoms with Gasteiger partial charge in [0.15, 0.2) is 0 Å². The zero-order valence-electron chi connectivity index (χ0n) is 19.7. The van der Waals surface area contributed by atoms with Gasteiger partial charge in [-0.25, -0.2) is 15.0 Å². The molecular formula is C26H27F3N6O. The van der Waals surface area contributed by atoms with Crippen LogP contribution in [0.3, 0.4) is 0 Å². The first kappa shape index (κ1) is 24.0. The third kappa shape index (κ3) is 5.27. The fourth-order valence-corrected chi connectivity index (χ4v) is 4.83. The SMILES string of the molecule is O=C(C1CCCN(c2cc(-c3ccccc3)ncn2)C1)N1CCN(c2ccc(C(F)(F)F)cn2)CC1. The minimum atomic E-state index is -4.40. The van der Waals surface area contributed by atoms with Gasteiger partial charge in [0.1, 0.15) is 18.0 Å². The number of amides is 1. The lowest BCUT2D eigenvalue weighted by Crippen LogP contribution is -2.52. The maximum Gasteiger partial charge on any atom is 0.417 e. The molecule has 36 heavy (non-hydrogen) atoms. The van der Waals surface area contributed by atoms with Crippen LogP contribution in [0.1, 0.15) is 18.4 Å². The molecule has 188 valence electrons. The summed E-state index contributed by atoms with van der Waals surface area (Å²) in [5.41, 5.74) is 1.11. The summed E-state index contributed by atoms with van der Waals surface area (Å²) < 4.78 is 38.4. The summed E-state index contributed by atoms with van der Waals surface area (Å²) >= 11 is 0. The molecule has 1 amide bonds. The topological polar surface area (TPSA) is 65.5 Å². The minimum Gasteiger partial charge on any atom is -0.356 e. The van der Waals surface area contributed by atoms with E-state index in [1.165, 1.54) is 6.07 Å². The average Bonchev–Trinajstić information content (AvgIpc) is 2.93. The lowest BCUT2D eigenvalue weighted by Gasteiger charge is -2.39. The number of rotatable bonds is 4. The molecule has 7 nitrogen and oxygen atoms in total. The number of piperazine rings is 1. The quantitative estimate of drug-likeness (QED) is 0.542. The Morgan fingerprint density at radius 2 is 1.64 bits per heavy atom. The summed E-state index contributed by atoms with van der Waals surface area (Å²) in [7, 11) is 0. The van der Waals surface area contributed by atoms with Crippen molar-refractivity contribution in [3.63, 3.8) is 0 Å². The summed E-state index contributed by atoms with van der Waals surface area (Å²) in [4.78, 5) is 32.1. The summed E-state index contributed by atoms with van der Waals surface area (Å²) in [6.45, 7) is 3.54. The molecule has 0 saturated carbocycles. The molecule has 2 fully saturated rings. The number of alkyl halides is 3. The minimum absolute atomic E-state index is 0.121. The number of hydrogen-bond donors (Lipinski definition) is 0. The Balaban J connectivity index is 1.19. The maximum atomic E-state index is 13.3. The highest BCUT2D eigenvalue weighted by Gasteiger charge is 2.33. The highest BCUT2D eigenvalue weighted by molar-refractivity contribution is 5.80. The second-order valence-electron chi connectivity index (χ2n) is 9.13. The molecule has 1 unspecified atom stereocenters. The molecule has 10 heteroatoms. The number of carbonyl (C=O) groups excluding carboxylic acids is 1. The van der Waals surface area contributed by atoms with Gasteiger partial charge >= 0.3 is 6.18 Å². The Kier molecular flexibility index (Phi) is 6.75. The molecule has 3 aromatic rings. The van der Waals surface area contributed by atoms with Crippen molar-refractivity contribution in [1.82, 2.24) is 19.9 Å². The zero-order valence-corrected chi connectivity index (χ0v) is 19.7. The molecule has 2 aromatic heterocycles. The van der Waals surface area contributed by atoms with E-state index in [1.54, 1.807) is 6.33 Å². The van der Waals surface area contributed by atoms with Crippen LogP contribution in [-0.4, -0.2) is 65.0 Å². The molecule has 1 aromatic carbocycles. The molecular weight excluding hydrogens is 469 g/mol. The van der Waals surface area contributed by atoms with Crippen LogP contribution in [0.4, 0.5) is 24.8 Å². The van der Waals surface area contributed by atoms with E-state index in [4.69, 9.17) is 0 Å². The van der Waals surface area contributed by atoms with Crippen molar-refractivity contribution < 1.29 is 18.0 Å². The molecule has 0 N–H and O–H groups in total. The molecule has 0 radical (unpaired) electrons. The van der Waals surface area contributed by atoms with Gasteiger partial charge in [0.25, 0.3) is 0 Å². The van der Waals surface area contributed by atoms with Gasteiger partial charge in [0.05, 0.1) is 17.2 Å². The number of aromatic nitrogens is 3. The predicted octanol–water partition coefficient (Wildman–Crippen LogP) is 4.12. The number of benzene rings is 1. The van der Waals surface area contributed by atoms with E-state index in [-0.39, 0.29) is 11.8 Å². The highest BCUT2D eigenvalue weighted by Crippen LogP contribution is 2.30. The fraction of sp³-hybridized carbons (Fsp3) is 0.385. The lowest BCUT2D eigenvalue weighted by atomic mass is 9.96. The van der Waals surface area contributed by atoms with E-state index >= 15 is 0 Å². The number of hydrogen-bond acceptors (Lipinski definition) is 6. The lowest BCUT2D eigenvalue weighted by molar-refractivity contribution is -0.138. The van der Waals surface area contributed by atoms with Crippen LogP contribution in [0, 0.1) is 5.92 Å². The highest BCUT2D eigenvalue weighted by atomic mass is 19.4. The van der Waals surface area contributed by atoms with E-state index in [2.05, 4.69) is 19.9 Å². The van der Waals surface area contributed by atoms with Gasteiger partial charge in [-0.1, -0.05) is 30.3 Å². The first-order valence-electron chi connectivity index (χ1n) is 12.1. The number of nitrogens with zero attached hydrogens (tertiary/aromatic N) is 6. The Labute approximate surface area is 207 Å². The van der Waals surface area contributed by atoms with Gasteiger partial charge in [-0.2, -0.15) is 13.2 Å². The third-order valence-corrected chi connectivity index (χ3v) is 6.81. The van der Waals surface area contributed by atoms with Crippen molar-refractivity contribution in [2.75, 3.05) is 49.1 Å². The number of anilines is 2. The molecule has 0 bridgehead atoms. The first-order chi connectivity index (χ1) is 17.4.